The lowest BCUT2D eigenvalue weighted by molar-refractivity contribution is -0.133. The Labute approximate surface area is 152 Å². The summed E-state index contributed by atoms with van der Waals surface area (Å²) in [5.41, 5.74) is 1.04. The summed E-state index contributed by atoms with van der Waals surface area (Å²) in [5, 5.41) is 5.17. The van der Waals surface area contributed by atoms with E-state index < -0.39 is 0 Å². The fourth-order valence-corrected chi connectivity index (χ4v) is 2.34. The van der Waals surface area contributed by atoms with Crippen molar-refractivity contribution in [2.75, 3.05) is 19.6 Å². The summed E-state index contributed by atoms with van der Waals surface area (Å²) in [6.07, 6.45) is 1.49. The van der Waals surface area contributed by atoms with E-state index in [0.717, 1.165) is 5.56 Å². The average molecular weight is 357 g/mol. The van der Waals surface area contributed by atoms with Crippen LogP contribution >= 0.6 is 0 Å². The van der Waals surface area contributed by atoms with Gasteiger partial charge in [0.1, 0.15) is 0 Å². The van der Waals surface area contributed by atoms with Crippen LogP contribution in [-0.4, -0.2) is 42.3 Å². The van der Waals surface area contributed by atoms with Crippen LogP contribution in [0.5, 0.6) is 0 Å². The zero-order valence-corrected chi connectivity index (χ0v) is 14.7. The van der Waals surface area contributed by atoms with Gasteiger partial charge in [-0.05, 0) is 24.6 Å². The number of nitrogens with one attached hydrogen (secondary N) is 2. The molecule has 0 saturated heterocycles. The van der Waals surface area contributed by atoms with Gasteiger partial charge in [0.25, 0.3) is 5.91 Å². The van der Waals surface area contributed by atoms with Crippen molar-refractivity contribution in [3.05, 3.63) is 60.1 Å². The molecule has 0 unspecified atom stereocenters. The van der Waals surface area contributed by atoms with E-state index >= 15 is 0 Å². The number of rotatable bonds is 9. The Hall–Kier alpha value is -3.09. The summed E-state index contributed by atoms with van der Waals surface area (Å²) in [5.74, 6) is -0.628. The molecule has 0 aliphatic carbocycles. The molecule has 1 aromatic heterocycles. The molecular formula is C19H23N3O4. The Kier molecular flexibility index (Phi) is 7.42. The van der Waals surface area contributed by atoms with Crippen molar-refractivity contribution in [2.24, 2.45) is 0 Å². The van der Waals surface area contributed by atoms with Gasteiger partial charge in [0.05, 0.1) is 12.8 Å². The molecular weight excluding hydrogens is 334 g/mol. The molecule has 0 spiro atoms. The van der Waals surface area contributed by atoms with Gasteiger partial charge in [-0.1, -0.05) is 30.3 Å². The monoisotopic (exact) mass is 357 g/mol. The van der Waals surface area contributed by atoms with Gasteiger partial charge in [-0.2, -0.15) is 0 Å². The highest BCUT2D eigenvalue weighted by molar-refractivity contribution is 5.91. The molecule has 2 N–H and O–H groups in total. The first-order chi connectivity index (χ1) is 12.6. The third kappa shape index (κ3) is 6.08. The van der Waals surface area contributed by atoms with E-state index in [-0.39, 0.29) is 43.0 Å². The minimum absolute atomic E-state index is 0.0639. The topological polar surface area (TPSA) is 91.7 Å². The van der Waals surface area contributed by atoms with Crippen LogP contribution in [0.25, 0.3) is 0 Å². The number of carbonyl (C=O) groups excluding carboxylic acids is 3. The molecule has 0 aliphatic rings. The second-order valence-electron chi connectivity index (χ2n) is 5.65. The summed E-state index contributed by atoms with van der Waals surface area (Å²) >= 11 is 0. The van der Waals surface area contributed by atoms with Crippen LogP contribution in [-0.2, 0) is 16.1 Å². The molecule has 0 radical (unpaired) electrons. The number of amides is 3. The Bertz CT molecular complexity index is 714. The predicted octanol–water partition coefficient (Wildman–Crippen LogP) is 1.56. The lowest BCUT2D eigenvalue weighted by atomic mass is 10.2. The zero-order chi connectivity index (χ0) is 18.8. The van der Waals surface area contributed by atoms with Gasteiger partial charge in [-0.15, -0.1) is 0 Å². The lowest BCUT2D eigenvalue weighted by Gasteiger charge is -2.21. The largest absolute Gasteiger partial charge is 0.459 e. The van der Waals surface area contributed by atoms with Crippen LogP contribution < -0.4 is 10.6 Å². The van der Waals surface area contributed by atoms with Crippen LogP contribution in [0.3, 0.4) is 0 Å². The number of benzene rings is 1. The van der Waals surface area contributed by atoms with E-state index in [9.17, 15) is 14.4 Å². The third-order valence-corrected chi connectivity index (χ3v) is 3.77. The molecule has 2 rings (SSSR count). The van der Waals surface area contributed by atoms with Crippen molar-refractivity contribution in [1.82, 2.24) is 15.5 Å². The van der Waals surface area contributed by atoms with Crippen molar-refractivity contribution >= 4 is 17.7 Å². The lowest BCUT2D eigenvalue weighted by Crippen LogP contribution is -2.40. The van der Waals surface area contributed by atoms with Gasteiger partial charge in [-0.25, -0.2) is 0 Å². The third-order valence-electron chi connectivity index (χ3n) is 3.77. The first-order valence-corrected chi connectivity index (χ1v) is 8.50. The second kappa shape index (κ2) is 10.0. The maximum Gasteiger partial charge on any atom is 0.286 e. The van der Waals surface area contributed by atoms with E-state index in [1.807, 2.05) is 37.3 Å². The van der Waals surface area contributed by atoms with Gasteiger partial charge in [0.2, 0.25) is 11.8 Å². The number of likely N-dealkylation sites (N-methyl/N-ethyl adjacent to an activating group) is 1. The summed E-state index contributed by atoms with van der Waals surface area (Å²) in [6.45, 7) is 3.06. The Morgan fingerprint density at radius 2 is 1.81 bits per heavy atom. The van der Waals surface area contributed by atoms with E-state index in [4.69, 9.17) is 4.42 Å². The van der Waals surface area contributed by atoms with Crippen molar-refractivity contribution in [3.63, 3.8) is 0 Å². The van der Waals surface area contributed by atoms with Crippen molar-refractivity contribution in [2.45, 2.75) is 19.9 Å². The number of hydrogen-bond donors (Lipinski definition) is 2. The van der Waals surface area contributed by atoms with Crippen molar-refractivity contribution in [1.29, 1.82) is 0 Å². The van der Waals surface area contributed by atoms with E-state index in [0.29, 0.717) is 13.1 Å². The maximum absolute atomic E-state index is 12.2. The highest BCUT2D eigenvalue weighted by Crippen LogP contribution is 2.04. The molecule has 7 heteroatoms. The standard InChI is InChI=1S/C19H23N3O4/c1-2-22(14-15-7-4-3-5-8-15)18(24)13-21-17(23)10-11-20-19(25)16-9-6-12-26-16/h3-9,12H,2,10-11,13-14H2,1H3,(H,20,25)(H,21,23). The quantitative estimate of drug-likeness (QED) is 0.712. The molecule has 1 aromatic carbocycles. The molecule has 0 saturated carbocycles. The van der Waals surface area contributed by atoms with Gasteiger partial charge >= 0.3 is 0 Å². The maximum atomic E-state index is 12.2. The molecule has 26 heavy (non-hydrogen) atoms. The Morgan fingerprint density at radius 3 is 2.46 bits per heavy atom. The van der Waals surface area contributed by atoms with E-state index in [1.165, 1.54) is 6.26 Å². The summed E-state index contributed by atoms with van der Waals surface area (Å²) in [6, 6.07) is 12.8. The molecule has 2 aromatic rings. The fourth-order valence-electron chi connectivity index (χ4n) is 2.34. The molecule has 0 fully saturated rings. The first kappa shape index (κ1) is 19.2. The summed E-state index contributed by atoms with van der Waals surface area (Å²) in [7, 11) is 0. The fraction of sp³-hybridized carbons (Fsp3) is 0.316. The highest BCUT2D eigenvalue weighted by atomic mass is 16.3. The Balaban J connectivity index is 1.68. The van der Waals surface area contributed by atoms with E-state index in [2.05, 4.69) is 10.6 Å². The molecule has 138 valence electrons. The zero-order valence-electron chi connectivity index (χ0n) is 14.7. The van der Waals surface area contributed by atoms with Crippen LogP contribution in [0.2, 0.25) is 0 Å². The van der Waals surface area contributed by atoms with Gasteiger partial charge < -0.3 is 20.0 Å². The number of carbonyl (C=O) groups is 3. The smallest absolute Gasteiger partial charge is 0.286 e. The molecule has 0 aliphatic heterocycles. The summed E-state index contributed by atoms with van der Waals surface area (Å²) < 4.78 is 4.96. The first-order valence-electron chi connectivity index (χ1n) is 8.50. The average Bonchev–Trinajstić information content (AvgIpc) is 3.20. The predicted molar refractivity (Wildman–Crippen MR) is 96.2 cm³/mol. The normalized spacial score (nSPS) is 10.2. The summed E-state index contributed by atoms with van der Waals surface area (Å²) in [4.78, 5) is 37.4. The van der Waals surface area contributed by atoms with Crippen LogP contribution in [0, 0.1) is 0 Å². The van der Waals surface area contributed by atoms with Gasteiger partial charge in [-0.3, -0.25) is 14.4 Å². The second-order valence-corrected chi connectivity index (χ2v) is 5.65. The van der Waals surface area contributed by atoms with Crippen molar-refractivity contribution in [3.8, 4) is 0 Å². The van der Waals surface area contributed by atoms with E-state index in [1.54, 1.807) is 17.0 Å². The van der Waals surface area contributed by atoms with Crippen LogP contribution in [0.15, 0.2) is 53.1 Å². The minimum atomic E-state index is -0.376. The van der Waals surface area contributed by atoms with Crippen LogP contribution in [0.4, 0.5) is 0 Å². The minimum Gasteiger partial charge on any atom is -0.459 e. The number of hydrogen-bond acceptors (Lipinski definition) is 4. The Morgan fingerprint density at radius 1 is 1.04 bits per heavy atom. The van der Waals surface area contributed by atoms with Gasteiger partial charge in [0, 0.05) is 26.1 Å². The SMILES string of the molecule is CCN(Cc1ccccc1)C(=O)CNC(=O)CCNC(=O)c1ccco1. The molecule has 7 nitrogen and oxygen atoms in total. The highest BCUT2D eigenvalue weighted by Gasteiger charge is 2.14. The molecule has 0 bridgehead atoms. The molecule has 3 amide bonds. The molecule has 1 heterocycles. The number of nitrogens with zero attached hydrogens (tertiary/aromatic N) is 1. The van der Waals surface area contributed by atoms with Gasteiger partial charge in [0.15, 0.2) is 5.76 Å². The number of furan rings is 1. The van der Waals surface area contributed by atoms with Crippen molar-refractivity contribution < 1.29 is 18.8 Å². The van der Waals surface area contributed by atoms with Crippen LogP contribution in [0.1, 0.15) is 29.5 Å². The molecule has 0 atom stereocenters.